The summed E-state index contributed by atoms with van der Waals surface area (Å²) in [6.45, 7) is 0.383. The summed E-state index contributed by atoms with van der Waals surface area (Å²) in [6, 6.07) is 9.32. The van der Waals surface area contributed by atoms with E-state index in [4.69, 9.17) is 9.84 Å². The lowest BCUT2D eigenvalue weighted by molar-refractivity contribution is 0.0696. The highest BCUT2D eigenvalue weighted by Crippen LogP contribution is 2.12. The van der Waals surface area contributed by atoms with Crippen molar-refractivity contribution in [3.8, 4) is 0 Å². The maximum atomic E-state index is 11.5. The average molecular weight is 292 g/mol. The topological polar surface area (TPSA) is 88.5 Å². The molecule has 2 N–H and O–H groups in total. The van der Waals surface area contributed by atoms with Crippen molar-refractivity contribution in [2.45, 2.75) is 13.2 Å². The molecule has 0 saturated heterocycles. The molecule has 0 unspecified atom stereocenters. The van der Waals surface area contributed by atoms with Crippen LogP contribution in [0.5, 0.6) is 0 Å². The maximum Gasteiger partial charge on any atom is 0.407 e. The Balaban J connectivity index is 1.76. The molecule has 0 aliphatic rings. The van der Waals surface area contributed by atoms with Crippen molar-refractivity contribution in [2.24, 2.45) is 0 Å². The van der Waals surface area contributed by atoms with Crippen LogP contribution >= 0.6 is 11.3 Å². The van der Waals surface area contributed by atoms with E-state index in [0.717, 1.165) is 16.9 Å². The molecule has 0 spiro atoms. The molecule has 104 valence electrons. The lowest BCUT2D eigenvalue weighted by atomic mass is 10.2. The van der Waals surface area contributed by atoms with Crippen molar-refractivity contribution in [2.75, 3.05) is 0 Å². The van der Waals surface area contributed by atoms with Gasteiger partial charge < -0.3 is 15.2 Å². The Morgan fingerprint density at radius 1 is 1.30 bits per heavy atom. The molecule has 7 heteroatoms. The number of alkyl carbamates (subject to hydrolysis) is 1. The van der Waals surface area contributed by atoms with Gasteiger partial charge in [0.25, 0.3) is 0 Å². The third kappa shape index (κ3) is 4.06. The number of carbonyl (C=O) groups is 2. The Morgan fingerprint density at radius 3 is 2.70 bits per heavy atom. The number of thiazole rings is 1. The second-order valence-electron chi connectivity index (χ2n) is 3.85. The summed E-state index contributed by atoms with van der Waals surface area (Å²) in [6.07, 6.45) is 0.866. The fourth-order valence-corrected chi connectivity index (χ4v) is 2.11. The number of carboxylic acids is 1. The Labute approximate surface area is 119 Å². The van der Waals surface area contributed by atoms with E-state index in [9.17, 15) is 9.59 Å². The Hall–Kier alpha value is -2.41. The van der Waals surface area contributed by atoms with Gasteiger partial charge >= 0.3 is 12.1 Å². The van der Waals surface area contributed by atoms with E-state index in [-0.39, 0.29) is 18.2 Å². The number of hydrogen-bond acceptors (Lipinski definition) is 5. The van der Waals surface area contributed by atoms with Crippen molar-refractivity contribution < 1.29 is 19.4 Å². The number of amides is 1. The molecule has 6 nitrogen and oxygen atoms in total. The predicted molar refractivity (Wildman–Crippen MR) is 72.5 cm³/mol. The third-order valence-electron chi connectivity index (χ3n) is 2.36. The van der Waals surface area contributed by atoms with Crippen LogP contribution in [0, 0.1) is 0 Å². The summed E-state index contributed by atoms with van der Waals surface area (Å²) >= 11 is 1.02. The highest BCUT2D eigenvalue weighted by atomic mass is 32.1. The van der Waals surface area contributed by atoms with Gasteiger partial charge in [0.1, 0.15) is 6.61 Å². The summed E-state index contributed by atoms with van der Waals surface area (Å²) in [5.41, 5.74) is 0.897. The molecule has 0 aliphatic heterocycles. The van der Waals surface area contributed by atoms with Crippen molar-refractivity contribution in [1.82, 2.24) is 10.3 Å². The molecule has 0 fully saturated rings. The van der Waals surface area contributed by atoms with Crippen LogP contribution in [-0.2, 0) is 17.9 Å². The number of carbonyl (C=O) groups excluding carboxylic acids is 1. The molecule has 1 amide bonds. The Morgan fingerprint density at radius 2 is 2.05 bits per heavy atom. The van der Waals surface area contributed by atoms with Gasteiger partial charge in [0, 0.05) is 11.1 Å². The fourth-order valence-electron chi connectivity index (χ4n) is 1.42. The number of hydrogen-bond donors (Lipinski definition) is 2. The minimum absolute atomic E-state index is 0.000507. The predicted octanol–water partition coefficient (Wildman–Crippen LogP) is 2.27. The van der Waals surface area contributed by atoms with Crippen LogP contribution < -0.4 is 5.32 Å². The van der Waals surface area contributed by atoms with Gasteiger partial charge in [-0.15, -0.1) is 11.3 Å². The number of aromatic carboxylic acids is 1. The molecule has 2 aromatic rings. The van der Waals surface area contributed by atoms with Crippen LogP contribution in [0.3, 0.4) is 0 Å². The van der Waals surface area contributed by atoms with Gasteiger partial charge in [-0.2, -0.15) is 0 Å². The number of benzene rings is 1. The molecule has 2 rings (SSSR count). The zero-order valence-corrected chi connectivity index (χ0v) is 11.2. The quantitative estimate of drug-likeness (QED) is 0.882. The second-order valence-corrected chi connectivity index (χ2v) is 4.97. The van der Waals surface area contributed by atoms with Crippen molar-refractivity contribution in [3.63, 3.8) is 0 Å². The number of nitrogens with zero attached hydrogens (tertiary/aromatic N) is 1. The van der Waals surface area contributed by atoms with E-state index >= 15 is 0 Å². The first kappa shape index (κ1) is 14.0. The van der Waals surface area contributed by atoms with Crippen LogP contribution in [0.1, 0.15) is 20.2 Å². The van der Waals surface area contributed by atoms with Gasteiger partial charge in [-0.3, -0.25) is 0 Å². The molecule has 1 aromatic carbocycles. The molecule has 0 atom stereocenters. The molecule has 0 bridgehead atoms. The summed E-state index contributed by atoms with van der Waals surface area (Å²) in [4.78, 5) is 26.5. The lowest BCUT2D eigenvalue weighted by Gasteiger charge is -2.05. The van der Waals surface area contributed by atoms with Crippen LogP contribution in [-0.4, -0.2) is 22.2 Å². The van der Waals surface area contributed by atoms with Crippen molar-refractivity contribution >= 4 is 23.4 Å². The van der Waals surface area contributed by atoms with E-state index < -0.39 is 12.1 Å². The maximum absolute atomic E-state index is 11.5. The molecule has 0 aliphatic carbocycles. The van der Waals surface area contributed by atoms with E-state index in [1.54, 1.807) is 0 Å². The monoisotopic (exact) mass is 292 g/mol. The highest BCUT2D eigenvalue weighted by Gasteiger charge is 2.10. The van der Waals surface area contributed by atoms with Gasteiger partial charge in [0.2, 0.25) is 5.01 Å². The molecule has 1 heterocycles. The number of carboxylic acid groups (broad SMARTS) is 1. The Kier molecular flexibility index (Phi) is 4.67. The summed E-state index contributed by atoms with van der Waals surface area (Å²) < 4.78 is 5.02. The fraction of sp³-hybridized carbons (Fsp3) is 0.154. The SMILES string of the molecule is O=C(NCc1cnc(C(=O)O)s1)OCc1ccccc1. The minimum atomic E-state index is -1.08. The van der Waals surface area contributed by atoms with Crippen LogP contribution in [0.25, 0.3) is 0 Å². The first-order valence-electron chi connectivity index (χ1n) is 5.77. The number of rotatable bonds is 5. The third-order valence-corrected chi connectivity index (χ3v) is 3.34. The molecule has 1 aromatic heterocycles. The van der Waals surface area contributed by atoms with E-state index in [2.05, 4.69) is 10.3 Å². The standard InChI is InChI=1S/C13H12N2O4S/c16-12(17)11-14-6-10(20-11)7-15-13(18)19-8-9-4-2-1-3-5-9/h1-6H,7-8H2,(H,15,18)(H,16,17). The smallest absolute Gasteiger partial charge is 0.407 e. The molecular weight excluding hydrogens is 280 g/mol. The Bertz CT molecular complexity index is 597. The van der Waals surface area contributed by atoms with Gasteiger partial charge in [0.15, 0.2) is 0 Å². The summed E-state index contributed by atoms with van der Waals surface area (Å²) in [7, 11) is 0. The van der Waals surface area contributed by atoms with Crippen molar-refractivity contribution in [3.05, 3.63) is 52.0 Å². The summed E-state index contributed by atoms with van der Waals surface area (Å²) in [5.74, 6) is -1.08. The lowest BCUT2D eigenvalue weighted by Crippen LogP contribution is -2.23. The second kappa shape index (κ2) is 6.67. The number of nitrogens with one attached hydrogen (secondary N) is 1. The van der Waals surface area contributed by atoms with Crippen LogP contribution in [0.15, 0.2) is 36.5 Å². The van der Waals surface area contributed by atoms with E-state index in [0.29, 0.717) is 4.88 Å². The molecule has 0 saturated carbocycles. The van der Waals surface area contributed by atoms with Gasteiger partial charge in [-0.1, -0.05) is 30.3 Å². The number of aromatic nitrogens is 1. The van der Waals surface area contributed by atoms with Crippen LogP contribution in [0.2, 0.25) is 0 Å². The number of ether oxygens (including phenoxy) is 1. The first-order valence-corrected chi connectivity index (χ1v) is 6.59. The normalized spacial score (nSPS) is 10.0. The van der Waals surface area contributed by atoms with Crippen LogP contribution in [0.4, 0.5) is 4.79 Å². The van der Waals surface area contributed by atoms with Gasteiger partial charge in [0.05, 0.1) is 6.54 Å². The molecular formula is C13H12N2O4S. The van der Waals surface area contributed by atoms with Gasteiger partial charge in [-0.05, 0) is 5.56 Å². The molecule has 20 heavy (non-hydrogen) atoms. The zero-order chi connectivity index (χ0) is 14.4. The largest absolute Gasteiger partial charge is 0.476 e. The zero-order valence-electron chi connectivity index (χ0n) is 10.4. The first-order chi connectivity index (χ1) is 9.65. The minimum Gasteiger partial charge on any atom is -0.476 e. The van der Waals surface area contributed by atoms with E-state index in [1.165, 1.54) is 6.20 Å². The summed E-state index contributed by atoms with van der Waals surface area (Å²) in [5, 5.41) is 11.3. The average Bonchev–Trinajstić information content (AvgIpc) is 2.93. The van der Waals surface area contributed by atoms with Gasteiger partial charge in [-0.25, -0.2) is 14.6 Å². The highest BCUT2D eigenvalue weighted by molar-refractivity contribution is 7.13. The molecule has 0 radical (unpaired) electrons. The van der Waals surface area contributed by atoms with Crippen molar-refractivity contribution in [1.29, 1.82) is 0 Å². The van der Waals surface area contributed by atoms with E-state index in [1.807, 2.05) is 30.3 Å².